The Morgan fingerprint density at radius 1 is 1.45 bits per heavy atom. The van der Waals surface area contributed by atoms with Crippen molar-refractivity contribution >= 4 is 11.8 Å². The first-order chi connectivity index (χ1) is 9.37. The minimum absolute atomic E-state index is 0.0697. The highest BCUT2D eigenvalue weighted by molar-refractivity contribution is 5.88. The lowest BCUT2D eigenvalue weighted by atomic mass is 9.96. The first-order valence-electron chi connectivity index (χ1n) is 6.89. The molecule has 1 heterocycles. The van der Waals surface area contributed by atoms with Crippen molar-refractivity contribution in [2.75, 3.05) is 18.4 Å². The van der Waals surface area contributed by atoms with E-state index in [-0.39, 0.29) is 5.75 Å². The third-order valence-corrected chi connectivity index (χ3v) is 3.20. The van der Waals surface area contributed by atoms with Gasteiger partial charge in [0, 0.05) is 6.54 Å². The van der Waals surface area contributed by atoms with E-state index in [4.69, 9.17) is 4.74 Å². The van der Waals surface area contributed by atoms with Crippen LogP contribution in [0.1, 0.15) is 38.7 Å². The number of phenols is 1. The fourth-order valence-corrected chi connectivity index (χ4v) is 2.36. The Hall–Kier alpha value is -1.75. The van der Waals surface area contributed by atoms with Crippen molar-refractivity contribution in [1.29, 1.82) is 0 Å². The molecule has 5 nitrogen and oxygen atoms in total. The summed E-state index contributed by atoms with van der Waals surface area (Å²) in [5.74, 6) is 0.368. The van der Waals surface area contributed by atoms with Crippen LogP contribution in [0.5, 0.6) is 5.75 Å². The summed E-state index contributed by atoms with van der Waals surface area (Å²) in [7, 11) is 0. The van der Waals surface area contributed by atoms with Crippen LogP contribution in [0.25, 0.3) is 0 Å². The normalized spacial score (nSPS) is 18.9. The third kappa shape index (κ3) is 3.63. The largest absolute Gasteiger partial charge is 0.506 e. The SMILES string of the molecule is CC(C)(C)OC(=O)Nc1c(O)cccc1C1CCNC1. The van der Waals surface area contributed by atoms with E-state index < -0.39 is 11.7 Å². The number of anilines is 1. The number of carbonyl (C=O) groups excluding carboxylic acids is 1. The molecule has 1 amide bonds. The Kier molecular flexibility index (Phi) is 4.18. The van der Waals surface area contributed by atoms with Crippen molar-refractivity contribution in [2.24, 2.45) is 0 Å². The molecule has 20 heavy (non-hydrogen) atoms. The van der Waals surface area contributed by atoms with E-state index >= 15 is 0 Å². The number of phenolic OH excluding ortho intramolecular Hbond substituents is 1. The van der Waals surface area contributed by atoms with E-state index in [0.29, 0.717) is 11.6 Å². The zero-order chi connectivity index (χ0) is 14.8. The molecule has 1 atom stereocenters. The molecule has 110 valence electrons. The minimum atomic E-state index is -0.566. The van der Waals surface area contributed by atoms with Crippen molar-refractivity contribution in [2.45, 2.75) is 38.7 Å². The minimum Gasteiger partial charge on any atom is -0.506 e. The molecule has 0 aromatic heterocycles. The summed E-state index contributed by atoms with van der Waals surface area (Å²) < 4.78 is 5.24. The van der Waals surface area contributed by atoms with Crippen LogP contribution in [0.15, 0.2) is 18.2 Å². The summed E-state index contributed by atoms with van der Waals surface area (Å²) in [5, 5.41) is 16.0. The molecule has 1 aliphatic rings. The average molecular weight is 278 g/mol. The molecule has 1 aromatic carbocycles. The highest BCUT2D eigenvalue weighted by atomic mass is 16.6. The van der Waals surface area contributed by atoms with Crippen LogP contribution < -0.4 is 10.6 Å². The third-order valence-electron chi connectivity index (χ3n) is 3.20. The number of para-hydroxylation sites is 1. The number of hydrogen-bond donors (Lipinski definition) is 3. The van der Waals surface area contributed by atoms with Gasteiger partial charge in [0.25, 0.3) is 0 Å². The summed E-state index contributed by atoms with van der Waals surface area (Å²) in [6, 6.07) is 5.30. The number of aromatic hydroxyl groups is 1. The summed E-state index contributed by atoms with van der Waals surface area (Å²) in [4.78, 5) is 11.9. The molecule has 5 heteroatoms. The fraction of sp³-hybridized carbons (Fsp3) is 0.533. The highest BCUT2D eigenvalue weighted by Gasteiger charge is 2.24. The molecule has 0 aliphatic carbocycles. The van der Waals surface area contributed by atoms with Gasteiger partial charge in [0.1, 0.15) is 11.4 Å². The Morgan fingerprint density at radius 3 is 2.80 bits per heavy atom. The van der Waals surface area contributed by atoms with E-state index in [0.717, 1.165) is 25.1 Å². The molecule has 1 fully saturated rings. The lowest BCUT2D eigenvalue weighted by molar-refractivity contribution is 0.0635. The summed E-state index contributed by atoms with van der Waals surface area (Å²) in [5.41, 5.74) is 0.833. The van der Waals surface area contributed by atoms with Crippen molar-refractivity contribution < 1.29 is 14.6 Å². The maximum absolute atomic E-state index is 11.9. The highest BCUT2D eigenvalue weighted by Crippen LogP contribution is 2.35. The van der Waals surface area contributed by atoms with Crippen LogP contribution in [-0.4, -0.2) is 29.9 Å². The summed E-state index contributed by atoms with van der Waals surface area (Å²) in [6.07, 6.45) is 0.443. The number of nitrogens with one attached hydrogen (secondary N) is 2. The van der Waals surface area contributed by atoms with Gasteiger partial charge in [-0.1, -0.05) is 12.1 Å². The average Bonchev–Trinajstić information content (AvgIpc) is 2.82. The van der Waals surface area contributed by atoms with Gasteiger partial charge in [-0.25, -0.2) is 4.79 Å². The molecule has 0 radical (unpaired) electrons. The van der Waals surface area contributed by atoms with Crippen molar-refractivity contribution in [3.8, 4) is 5.75 Å². The predicted octanol–water partition coefficient (Wildman–Crippen LogP) is 2.82. The van der Waals surface area contributed by atoms with E-state index in [1.807, 2.05) is 6.07 Å². The van der Waals surface area contributed by atoms with Crippen LogP contribution >= 0.6 is 0 Å². The van der Waals surface area contributed by atoms with E-state index in [1.165, 1.54) is 0 Å². The number of ether oxygens (including phenoxy) is 1. The van der Waals surface area contributed by atoms with Gasteiger partial charge in [-0.3, -0.25) is 5.32 Å². The number of carbonyl (C=O) groups is 1. The molecule has 2 rings (SSSR count). The first kappa shape index (κ1) is 14.7. The molecule has 0 bridgehead atoms. The van der Waals surface area contributed by atoms with Crippen LogP contribution in [0, 0.1) is 0 Å². The molecule has 1 unspecified atom stereocenters. The Balaban J connectivity index is 2.19. The fourth-order valence-electron chi connectivity index (χ4n) is 2.36. The van der Waals surface area contributed by atoms with Gasteiger partial charge in [-0.05, 0) is 51.3 Å². The van der Waals surface area contributed by atoms with Crippen molar-refractivity contribution in [3.63, 3.8) is 0 Å². The zero-order valence-electron chi connectivity index (χ0n) is 12.2. The maximum Gasteiger partial charge on any atom is 0.412 e. The molecule has 3 N–H and O–H groups in total. The number of benzene rings is 1. The quantitative estimate of drug-likeness (QED) is 0.727. The van der Waals surface area contributed by atoms with Gasteiger partial charge in [0.05, 0.1) is 5.69 Å². The molecular formula is C15H22N2O3. The lowest BCUT2D eigenvalue weighted by Crippen LogP contribution is -2.27. The lowest BCUT2D eigenvalue weighted by Gasteiger charge is -2.22. The van der Waals surface area contributed by atoms with Gasteiger partial charge in [-0.15, -0.1) is 0 Å². The second-order valence-electron chi connectivity index (χ2n) is 6.06. The van der Waals surface area contributed by atoms with Gasteiger partial charge < -0.3 is 15.2 Å². The van der Waals surface area contributed by atoms with E-state index in [2.05, 4.69) is 10.6 Å². The van der Waals surface area contributed by atoms with E-state index in [1.54, 1.807) is 32.9 Å². The topological polar surface area (TPSA) is 70.6 Å². The first-order valence-corrected chi connectivity index (χ1v) is 6.89. The summed E-state index contributed by atoms with van der Waals surface area (Å²) >= 11 is 0. The zero-order valence-corrected chi connectivity index (χ0v) is 12.2. The monoisotopic (exact) mass is 278 g/mol. The van der Waals surface area contributed by atoms with Gasteiger partial charge in [-0.2, -0.15) is 0 Å². The van der Waals surface area contributed by atoms with Crippen LogP contribution in [-0.2, 0) is 4.74 Å². The van der Waals surface area contributed by atoms with Crippen LogP contribution in [0.3, 0.4) is 0 Å². The Morgan fingerprint density at radius 2 is 2.20 bits per heavy atom. The van der Waals surface area contributed by atoms with Crippen LogP contribution in [0.4, 0.5) is 10.5 Å². The molecule has 1 aliphatic heterocycles. The van der Waals surface area contributed by atoms with Crippen molar-refractivity contribution in [3.05, 3.63) is 23.8 Å². The predicted molar refractivity (Wildman–Crippen MR) is 78.2 cm³/mol. The van der Waals surface area contributed by atoms with Gasteiger partial charge in [0.15, 0.2) is 0 Å². The van der Waals surface area contributed by atoms with Gasteiger partial charge >= 0.3 is 6.09 Å². The van der Waals surface area contributed by atoms with Crippen molar-refractivity contribution in [1.82, 2.24) is 5.32 Å². The Bertz CT molecular complexity index is 488. The number of amides is 1. The standard InChI is InChI=1S/C15H22N2O3/c1-15(2,3)20-14(19)17-13-11(5-4-6-12(13)18)10-7-8-16-9-10/h4-6,10,16,18H,7-9H2,1-3H3,(H,17,19). The van der Waals surface area contributed by atoms with E-state index in [9.17, 15) is 9.90 Å². The number of hydrogen-bond acceptors (Lipinski definition) is 4. The van der Waals surface area contributed by atoms with Gasteiger partial charge in [0.2, 0.25) is 0 Å². The summed E-state index contributed by atoms with van der Waals surface area (Å²) in [6.45, 7) is 7.22. The van der Waals surface area contributed by atoms with Crippen LogP contribution in [0.2, 0.25) is 0 Å². The molecular weight excluding hydrogens is 256 g/mol. The molecule has 0 spiro atoms. The smallest absolute Gasteiger partial charge is 0.412 e. The second-order valence-corrected chi connectivity index (χ2v) is 6.06. The molecule has 1 saturated heterocycles. The second kappa shape index (κ2) is 5.71. The number of rotatable bonds is 2. The Labute approximate surface area is 119 Å². The molecule has 0 saturated carbocycles. The molecule has 1 aromatic rings. The maximum atomic E-state index is 11.9.